The molecule has 12 heavy (non-hydrogen) atoms. The fourth-order valence-electron chi connectivity index (χ4n) is 1.06. The Bertz CT molecular complexity index is 478. The number of hydrogen-bond donors (Lipinski definition) is 2. The van der Waals surface area contributed by atoms with Gasteiger partial charge in [-0.2, -0.15) is 0 Å². The first-order chi connectivity index (χ1) is 5.77. The molecule has 2 aromatic rings. The maximum Gasteiger partial charge on any atom is 0.143 e. The topological polar surface area (TPSA) is 48.9 Å². The van der Waals surface area contributed by atoms with Crippen molar-refractivity contribution in [2.24, 2.45) is 0 Å². The van der Waals surface area contributed by atoms with Crippen LogP contribution in [0.15, 0.2) is 24.4 Å². The molecule has 0 aliphatic heterocycles. The number of rotatable bonds is 0. The Morgan fingerprint density at radius 3 is 3.08 bits per heavy atom. The molecule has 0 unspecified atom stereocenters. The Morgan fingerprint density at radius 2 is 2.25 bits per heavy atom. The van der Waals surface area contributed by atoms with Gasteiger partial charge in [-0.3, -0.25) is 0 Å². The lowest BCUT2D eigenvalue weighted by Gasteiger charge is -1.97. The summed E-state index contributed by atoms with van der Waals surface area (Å²) in [5, 5.41) is 9.35. The summed E-state index contributed by atoms with van der Waals surface area (Å²) in [6.45, 7) is 0. The molecule has 0 bridgehead atoms. The van der Waals surface area contributed by atoms with Crippen molar-refractivity contribution >= 4 is 23.3 Å². The van der Waals surface area contributed by atoms with Crippen LogP contribution < -0.4 is 0 Å². The zero-order chi connectivity index (χ0) is 8.55. The molecule has 0 radical (unpaired) electrons. The molecule has 0 fully saturated rings. The highest BCUT2D eigenvalue weighted by atomic mass is 32.1. The Balaban J connectivity index is 2.96. The second kappa shape index (κ2) is 2.57. The highest BCUT2D eigenvalue weighted by molar-refractivity contribution is 7.71. The average Bonchev–Trinajstić information content (AvgIpc) is 2.04. The second-order valence-corrected chi connectivity index (χ2v) is 2.86. The summed E-state index contributed by atoms with van der Waals surface area (Å²) < 4.78 is 0.563. The first kappa shape index (κ1) is 7.24. The minimum atomic E-state index is 0.166. The van der Waals surface area contributed by atoms with Crippen molar-refractivity contribution in [1.82, 2.24) is 9.97 Å². The standard InChI is InChI=1S/C8H6N2OS/c11-6-3-1-2-5-8(6)9-4-7(12)10-5/h1-4,11H,(H,10,12). The van der Waals surface area contributed by atoms with Gasteiger partial charge in [-0.1, -0.05) is 18.3 Å². The molecule has 3 nitrogen and oxygen atoms in total. The summed E-state index contributed by atoms with van der Waals surface area (Å²) in [4.78, 5) is 6.92. The van der Waals surface area contributed by atoms with E-state index in [1.54, 1.807) is 12.1 Å². The normalized spacial score (nSPS) is 10.3. The van der Waals surface area contributed by atoms with Crippen LogP contribution in [0.2, 0.25) is 0 Å². The molecule has 4 heteroatoms. The molecule has 1 aromatic carbocycles. The number of aromatic amines is 1. The maximum absolute atomic E-state index is 9.35. The van der Waals surface area contributed by atoms with Crippen LogP contribution >= 0.6 is 12.2 Å². The Morgan fingerprint density at radius 1 is 1.42 bits per heavy atom. The second-order valence-electron chi connectivity index (χ2n) is 2.42. The van der Waals surface area contributed by atoms with Gasteiger partial charge in [0.05, 0.1) is 11.7 Å². The highest BCUT2D eigenvalue weighted by Gasteiger charge is 1.98. The number of aromatic nitrogens is 2. The summed E-state index contributed by atoms with van der Waals surface area (Å²) in [5.74, 6) is 0.166. The number of nitrogens with zero attached hydrogens (tertiary/aromatic N) is 1. The fourth-order valence-corrected chi connectivity index (χ4v) is 1.22. The molecule has 0 saturated heterocycles. The van der Waals surface area contributed by atoms with Crippen LogP contribution in [0, 0.1) is 4.64 Å². The third kappa shape index (κ3) is 1.06. The average molecular weight is 178 g/mol. The van der Waals surface area contributed by atoms with E-state index in [2.05, 4.69) is 9.97 Å². The summed E-state index contributed by atoms with van der Waals surface area (Å²) in [6, 6.07) is 5.15. The van der Waals surface area contributed by atoms with Gasteiger partial charge in [0.2, 0.25) is 0 Å². The molecule has 0 spiro atoms. The Kier molecular flexibility index (Phi) is 1.55. The van der Waals surface area contributed by atoms with Gasteiger partial charge in [0.25, 0.3) is 0 Å². The largest absolute Gasteiger partial charge is 0.506 e. The lowest BCUT2D eigenvalue weighted by Crippen LogP contribution is -1.83. The molecule has 0 saturated carbocycles. The van der Waals surface area contributed by atoms with Crippen molar-refractivity contribution < 1.29 is 5.11 Å². The number of para-hydroxylation sites is 1. The van der Waals surface area contributed by atoms with Crippen LogP contribution in [-0.4, -0.2) is 15.1 Å². The predicted octanol–water partition coefficient (Wildman–Crippen LogP) is 2.00. The maximum atomic E-state index is 9.35. The van der Waals surface area contributed by atoms with Gasteiger partial charge in [-0.05, 0) is 12.1 Å². The monoisotopic (exact) mass is 178 g/mol. The minimum absolute atomic E-state index is 0.166. The summed E-state index contributed by atoms with van der Waals surface area (Å²) >= 11 is 4.88. The van der Waals surface area contributed by atoms with Gasteiger partial charge < -0.3 is 10.1 Å². The number of phenols is 1. The van der Waals surface area contributed by atoms with Crippen LogP contribution in [0.1, 0.15) is 0 Å². The molecule has 1 heterocycles. The molecular formula is C8H6N2OS. The van der Waals surface area contributed by atoms with Gasteiger partial charge >= 0.3 is 0 Å². The van der Waals surface area contributed by atoms with E-state index in [-0.39, 0.29) is 5.75 Å². The minimum Gasteiger partial charge on any atom is -0.506 e. The molecular weight excluding hydrogens is 172 g/mol. The molecule has 0 amide bonds. The smallest absolute Gasteiger partial charge is 0.143 e. The van der Waals surface area contributed by atoms with Gasteiger partial charge in [0.15, 0.2) is 0 Å². The Hall–Kier alpha value is -1.42. The molecule has 2 N–H and O–H groups in total. The van der Waals surface area contributed by atoms with Crippen LogP contribution in [0.4, 0.5) is 0 Å². The van der Waals surface area contributed by atoms with E-state index in [0.717, 1.165) is 5.52 Å². The lowest BCUT2D eigenvalue weighted by molar-refractivity contribution is 0.480. The zero-order valence-electron chi connectivity index (χ0n) is 6.11. The van der Waals surface area contributed by atoms with Crippen molar-refractivity contribution in [2.45, 2.75) is 0 Å². The number of benzene rings is 1. The lowest BCUT2D eigenvalue weighted by atomic mass is 10.3. The molecule has 0 aliphatic rings. The van der Waals surface area contributed by atoms with E-state index in [1.165, 1.54) is 6.20 Å². The van der Waals surface area contributed by atoms with Gasteiger partial charge in [0.1, 0.15) is 15.9 Å². The SMILES string of the molecule is Oc1cccc2[nH]c(=S)cnc12. The third-order valence-corrected chi connectivity index (χ3v) is 1.79. The van der Waals surface area contributed by atoms with E-state index in [9.17, 15) is 5.11 Å². The van der Waals surface area contributed by atoms with E-state index in [0.29, 0.717) is 10.2 Å². The zero-order valence-corrected chi connectivity index (χ0v) is 6.93. The van der Waals surface area contributed by atoms with Crippen molar-refractivity contribution in [3.8, 4) is 5.75 Å². The van der Waals surface area contributed by atoms with E-state index in [1.807, 2.05) is 6.07 Å². The molecule has 60 valence electrons. The number of aromatic hydroxyl groups is 1. The van der Waals surface area contributed by atoms with Crippen LogP contribution in [0.5, 0.6) is 5.75 Å². The number of H-pyrrole nitrogens is 1. The van der Waals surface area contributed by atoms with Crippen LogP contribution in [-0.2, 0) is 0 Å². The van der Waals surface area contributed by atoms with Crippen LogP contribution in [0.3, 0.4) is 0 Å². The van der Waals surface area contributed by atoms with Crippen LogP contribution in [0.25, 0.3) is 11.0 Å². The van der Waals surface area contributed by atoms with Crippen molar-refractivity contribution in [3.05, 3.63) is 29.0 Å². The quantitative estimate of drug-likeness (QED) is 0.606. The summed E-state index contributed by atoms with van der Waals surface area (Å²) in [7, 11) is 0. The van der Waals surface area contributed by atoms with Gasteiger partial charge in [0, 0.05) is 0 Å². The first-order valence-corrected chi connectivity index (χ1v) is 3.85. The molecule has 1 aromatic heterocycles. The number of hydrogen-bond acceptors (Lipinski definition) is 3. The summed E-state index contributed by atoms with van der Waals surface area (Å²) in [6.07, 6.45) is 1.51. The number of phenolic OH excluding ortho intramolecular Hbond substituents is 1. The van der Waals surface area contributed by atoms with Crippen molar-refractivity contribution in [3.63, 3.8) is 0 Å². The highest BCUT2D eigenvalue weighted by Crippen LogP contribution is 2.19. The van der Waals surface area contributed by atoms with E-state index in [4.69, 9.17) is 12.2 Å². The summed E-state index contributed by atoms with van der Waals surface area (Å²) in [5.41, 5.74) is 1.30. The third-order valence-electron chi connectivity index (χ3n) is 1.58. The number of fused-ring (bicyclic) bond motifs is 1. The molecule has 0 atom stereocenters. The van der Waals surface area contributed by atoms with E-state index < -0.39 is 0 Å². The predicted molar refractivity (Wildman–Crippen MR) is 48.6 cm³/mol. The first-order valence-electron chi connectivity index (χ1n) is 3.44. The van der Waals surface area contributed by atoms with Gasteiger partial charge in [-0.25, -0.2) is 4.98 Å². The van der Waals surface area contributed by atoms with Crippen molar-refractivity contribution in [1.29, 1.82) is 0 Å². The Labute approximate surface area is 73.7 Å². The molecule has 0 aliphatic carbocycles. The van der Waals surface area contributed by atoms with Gasteiger partial charge in [-0.15, -0.1) is 0 Å². The van der Waals surface area contributed by atoms with Crippen molar-refractivity contribution in [2.75, 3.05) is 0 Å². The fraction of sp³-hybridized carbons (Fsp3) is 0. The molecule has 2 rings (SSSR count). The number of nitrogens with one attached hydrogen (secondary N) is 1. The van der Waals surface area contributed by atoms with E-state index >= 15 is 0 Å².